The van der Waals surface area contributed by atoms with Crippen LogP contribution in [-0.4, -0.2) is 35.0 Å². The molecule has 0 spiro atoms. The quantitative estimate of drug-likeness (QED) is 0.778. The molecule has 0 aliphatic heterocycles. The van der Waals surface area contributed by atoms with E-state index in [-0.39, 0.29) is 17.5 Å². The number of allylic oxidation sites excluding steroid dienone is 1. The van der Waals surface area contributed by atoms with Gasteiger partial charge in [-0.15, -0.1) is 0 Å². The first-order chi connectivity index (χ1) is 8.49. The molecular weight excluding hydrogens is 252 g/mol. The van der Waals surface area contributed by atoms with Crippen LogP contribution in [0.3, 0.4) is 0 Å². The summed E-state index contributed by atoms with van der Waals surface area (Å²) in [5.41, 5.74) is 0. The second kappa shape index (κ2) is 6.83. The Morgan fingerprint density at radius 2 is 2.33 bits per heavy atom. The second-order valence-electron chi connectivity index (χ2n) is 4.50. The number of methoxy groups -OCH3 is 1. The van der Waals surface area contributed by atoms with Crippen LogP contribution in [0.5, 0.6) is 0 Å². The lowest BCUT2D eigenvalue weighted by atomic mass is 9.79. The highest BCUT2D eigenvalue weighted by Crippen LogP contribution is 2.34. The van der Waals surface area contributed by atoms with Crippen LogP contribution in [0.4, 0.5) is 0 Å². The fourth-order valence-corrected chi connectivity index (χ4v) is 3.32. The molecule has 0 aromatic rings. The van der Waals surface area contributed by atoms with Gasteiger partial charge in [-0.25, -0.2) is 0 Å². The highest BCUT2D eigenvalue weighted by Gasteiger charge is 2.38. The molecule has 0 fully saturated rings. The van der Waals surface area contributed by atoms with Crippen molar-refractivity contribution in [2.24, 2.45) is 11.8 Å². The molecular formula is C13H20O4S. The molecule has 1 aliphatic carbocycles. The number of aliphatic hydroxyl groups excluding tert-OH is 1. The van der Waals surface area contributed by atoms with E-state index in [2.05, 4.69) is 13.8 Å². The maximum absolute atomic E-state index is 11.7. The molecule has 102 valence electrons. The first kappa shape index (κ1) is 15.1. The van der Waals surface area contributed by atoms with Crippen molar-refractivity contribution >= 4 is 23.5 Å². The molecule has 1 N–H and O–H groups in total. The van der Waals surface area contributed by atoms with Crippen LogP contribution in [0.25, 0.3) is 0 Å². The van der Waals surface area contributed by atoms with Gasteiger partial charge in [0, 0.05) is 17.7 Å². The minimum atomic E-state index is -0.687. The van der Waals surface area contributed by atoms with Gasteiger partial charge in [0.15, 0.2) is 5.78 Å². The second-order valence-corrected chi connectivity index (χ2v) is 6.22. The van der Waals surface area contributed by atoms with Crippen molar-refractivity contribution in [3.63, 3.8) is 0 Å². The van der Waals surface area contributed by atoms with Gasteiger partial charge in [-0.3, -0.25) is 9.59 Å². The van der Waals surface area contributed by atoms with Crippen LogP contribution in [0.15, 0.2) is 11.8 Å². The van der Waals surface area contributed by atoms with Gasteiger partial charge in [0.1, 0.15) is 11.7 Å². The molecule has 5 heteroatoms. The summed E-state index contributed by atoms with van der Waals surface area (Å²) in [6.45, 7) is 4.14. The number of hydrogen-bond donors (Lipinski definition) is 1. The molecule has 0 radical (unpaired) electrons. The van der Waals surface area contributed by atoms with Crippen molar-refractivity contribution in [2.45, 2.75) is 31.9 Å². The lowest BCUT2D eigenvalue weighted by Gasteiger charge is -2.29. The van der Waals surface area contributed by atoms with Crippen LogP contribution in [-0.2, 0) is 14.3 Å². The zero-order chi connectivity index (χ0) is 13.7. The maximum atomic E-state index is 11.7. The van der Waals surface area contributed by atoms with Gasteiger partial charge < -0.3 is 9.84 Å². The van der Waals surface area contributed by atoms with E-state index in [4.69, 9.17) is 4.74 Å². The Kier molecular flexibility index (Phi) is 5.72. The van der Waals surface area contributed by atoms with E-state index < -0.39 is 11.9 Å². The number of carbonyl (C=O) groups excluding carboxylic acids is 2. The number of hydrogen-bond acceptors (Lipinski definition) is 5. The highest BCUT2D eigenvalue weighted by molar-refractivity contribution is 7.99. The van der Waals surface area contributed by atoms with E-state index in [9.17, 15) is 14.7 Å². The Morgan fingerprint density at radius 1 is 1.67 bits per heavy atom. The SMILES string of the molecule is CCS[C@H](C)C[C@@H]1CC(=O)C=C(O)[C@@H]1C(=O)OC. The molecule has 4 nitrogen and oxygen atoms in total. The molecule has 0 aromatic heterocycles. The Labute approximate surface area is 112 Å². The summed E-state index contributed by atoms with van der Waals surface area (Å²) in [5, 5.41) is 10.1. The van der Waals surface area contributed by atoms with Crippen molar-refractivity contribution in [1.29, 1.82) is 0 Å². The zero-order valence-electron chi connectivity index (χ0n) is 11.0. The molecule has 1 aliphatic rings. The largest absolute Gasteiger partial charge is 0.511 e. The summed E-state index contributed by atoms with van der Waals surface area (Å²) < 4.78 is 4.71. The maximum Gasteiger partial charge on any atom is 0.316 e. The van der Waals surface area contributed by atoms with Crippen LogP contribution >= 0.6 is 11.8 Å². The first-order valence-corrected chi connectivity index (χ1v) is 7.17. The summed E-state index contributed by atoms with van der Waals surface area (Å²) in [7, 11) is 1.30. The first-order valence-electron chi connectivity index (χ1n) is 6.12. The average molecular weight is 272 g/mol. The molecule has 0 saturated carbocycles. The Balaban J connectivity index is 2.82. The number of ether oxygens (including phenoxy) is 1. The van der Waals surface area contributed by atoms with Crippen molar-refractivity contribution < 1.29 is 19.4 Å². The minimum Gasteiger partial charge on any atom is -0.511 e. The van der Waals surface area contributed by atoms with Crippen molar-refractivity contribution in [3.05, 3.63) is 11.8 Å². The number of carbonyl (C=O) groups is 2. The number of ketones is 1. The van der Waals surface area contributed by atoms with Crippen molar-refractivity contribution in [2.75, 3.05) is 12.9 Å². The van der Waals surface area contributed by atoms with Crippen LogP contribution in [0.1, 0.15) is 26.7 Å². The summed E-state index contributed by atoms with van der Waals surface area (Å²) in [6, 6.07) is 0. The molecule has 0 heterocycles. The average Bonchev–Trinajstić information content (AvgIpc) is 2.27. The van der Waals surface area contributed by atoms with Crippen molar-refractivity contribution in [3.8, 4) is 0 Å². The van der Waals surface area contributed by atoms with E-state index in [1.807, 2.05) is 0 Å². The molecule has 1 rings (SSSR count). The predicted molar refractivity (Wildman–Crippen MR) is 71.5 cm³/mol. The lowest BCUT2D eigenvalue weighted by Crippen LogP contribution is -2.33. The Morgan fingerprint density at radius 3 is 2.89 bits per heavy atom. The summed E-state index contributed by atoms with van der Waals surface area (Å²) in [4.78, 5) is 23.2. The van der Waals surface area contributed by atoms with Gasteiger partial charge >= 0.3 is 5.97 Å². The third-order valence-corrected chi connectivity index (χ3v) is 4.20. The number of thioether (sulfide) groups is 1. The predicted octanol–water partition coefficient (Wildman–Crippen LogP) is 2.34. The van der Waals surface area contributed by atoms with Crippen LogP contribution in [0, 0.1) is 11.8 Å². The number of rotatable bonds is 5. The summed E-state index contributed by atoms with van der Waals surface area (Å²) in [6.07, 6.45) is 2.18. The fourth-order valence-electron chi connectivity index (χ4n) is 2.37. The van der Waals surface area contributed by atoms with Gasteiger partial charge in [0.2, 0.25) is 0 Å². The standard InChI is InChI=1S/C13H20O4S/c1-4-18-8(2)5-9-6-10(14)7-11(15)12(9)13(16)17-3/h7-9,12,15H,4-6H2,1-3H3/t8-,9-,12-/m1/s1. The third-order valence-electron chi connectivity index (χ3n) is 3.10. The van der Waals surface area contributed by atoms with Crippen LogP contribution < -0.4 is 0 Å². The Hall–Kier alpha value is -0.970. The molecule has 0 bridgehead atoms. The van der Waals surface area contributed by atoms with E-state index in [0.29, 0.717) is 11.7 Å². The van der Waals surface area contributed by atoms with E-state index in [0.717, 1.165) is 18.2 Å². The molecule has 3 atom stereocenters. The van der Waals surface area contributed by atoms with Gasteiger partial charge in [-0.1, -0.05) is 13.8 Å². The van der Waals surface area contributed by atoms with Gasteiger partial charge in [0.25, 0.3) is 0 Å². The van der Waals surface area contributed by atoms with Crippen molar-refractivity contribution in [1.82, 2.24) is 0 Å². The molecule has 0 amide bonds. The smallest absolute Gasteiger partial charge is 0.316 e. The van der Waals surface area contributed by atoms with E-state index in [1.165, 1.54) is 7.11 Å². The Bertz CT molecular complexity index is 351. The van der Waals surface area contributed by atoms with E-state index >= 15 is 0 Å². The fraction of sp³-hybridized carbons (Fsp3) is 0.692. The van der Waals surface area contributed by atoms with Gasteiger partial charge in [-0.2, -0.15) is 11.8 Å². The monoisotopic (exact) mass is 272 g/mol. The van der Waals surface area contributed by atoms with Gasteiger partial charge in [0.05, 0.1) is 7.11 Å². The normalized spacial score (nSPS) is 25.5. The number of aliphatic hydroxyl groups is 1. The number of esters is 1. The molecule has 18 heavy (non-hydrogen) atoms. The minimum absolute atomic E-state index is 0.119. The summed E-state index contributed by atoms with van der Waals surface area (Å²) >= 11 is 1.78. The van der Waals surface area contributed by atoms with Crippen LogP contribution in [0.2, 0.25) is 0 Å². The topological polar surface area (TPSA) is 63.6 Å². The third kappa shape index (κ3) is 3.77. The van der Waals surface area contributed by atoms with Gasteiger partial charge in [-0.05, 0) is 18.1 Å². The zero-order valence-corrected chi connectivity index (χ0v) is 11.8. The van der Waals surface area contributed by atoms with E-state index in [1.54, 1.807) is 11.8 Å². The molecule has 0 unspecified atom stereocenters. The highest BCUT2D eigenvalue weighted by atomic mass is 32.2. The summed E-state index contributed by atoms with van der Waals surface area (Å²) in [5.74, 6) is -0.596. The molecule has 0 aromatic carbocycles. The molecule has 0 saturated heterocycles. The lowest BCUT2D eigenvalue weighted by molar-refractivity contribution is -0.147.